The fraction of sp³-hybridized carbons (Fsp3) is 0.333. The van der Waals surface area contributed by atoms with Crippen LogP contribution in [-0.2, 0) is 22.4 Å². The first kappa shape index (κ1) is 27.2. The number of hydrazine groups is 1. The van der Waals surface area contributed by atoms with Gasteiger partial charge in [-0.05, 0) is 54.8 Å². The number of aliphatic hydroxyl groups excluding tert-OH is 1. The Hall–Kier alpha value is -3.88. The normalized spacial score (nSPS) is 16.4. The number of ether oxygens (including phenoxy) is 3. The molecule has 8 heteroatoms. The molecule has 1 amide bonds. The Labute approximate surface area is 223 Å². The Bertz CT molecular complexity index is 1200. The van der Waals surface area contributed by atoms with Crippen LogP contribution in [0.4, 0.5) is 0 Å². The maximum Gasteiger partial charge on any atom is 0.266 e. The zero-order chi connectivity index (χ0) is 26.6. The van der Waals surface area contributed by atoms with E-state index < -0.39 is 5.54 Å². The highest BCUT2D eigenvalue weighted by atomic mass is 16.5. The van der Waals surface area contributed by atoms with Crippen LogP contribution in [0.25, 0.3) is 0 Å². The quantitative estimate of drug-likeness (QED) is 0.224. The van der Waals surface area contributed by atoms with Gasteiger partial charge in [-0.25, -0.2) is 10.4 Å². The van der Waals surface area contributed by atoms with Crippen molar-refractivity contribution < 1.29 is 24.1 Å². The van der Waals surface area contributed by atoms with Gasteiger partial charge in [-0.1, -0.05) is 48.5 Å². The Balaban J connectivity index is 1.44. The lowest BCUT2D eigenvalue weighted by molar-refractivity contribution is -0.127. The van der Waals surface area contributed by atoms with Gasteiger partial charge in [0.05, 0.1) is 13.2 Å². The molecule has 38 heavy (non-hydrogen) atoms. The highest BCUT2D eigenvalue weighted by Gasteiger charge is 2.44. The van der Waals surface area contributed by atoms with Crippen molar-refractivity contribution in [3.8, 4) is 11.5 Å². The molecule has 1 heterocycles. The lowest BCUT2D eigenvalue weighted by Crippen LogP contribution is -2.53. The molecular formula is C30H35N3O5. The van der Waals surface area contributed by atoms with Gasteiger partial charge in [-0.2, -0.15) is 0 Å². The molecule has 0 unspecified atom stereocenters. The van der Waals surface area contributed by atoms with Crippen LogP contribution in [0.5, 0.6) is 11.5 Å². The van der Waals surface area contributed by atoms with E-state index in [1.165, 1.54) is 0 Å². The van der Waals surface area contributed by atoms with Crippen LogP contribution in [0.1, 0.15) is 30.0 Å². The van der Waals surface area contributed by atoms with Crippen LogP contribution >= 0.6 is 0 Å². The van der Waals surface area contributed by atoms with E-state index >= 15 is 0 Å². The third-order valence-electron chi connectivity index (χ3n) is 6.19. The molecule has 1 atom stereocenters. The van der Waals surface area contributed by atoms with E-state index in [1.807, 2.05) is 85.8 Å². The highest BCUT2D eigenvalue weighted by Crippen LogP contribution is 2.27. The van der Waals surface area contributed by atoms with Crippen molar-refractivity contribution in [3.05, 3.63) is 95.6 Å². The number of aliphatic hydroxyl groups is 1. The van der Waals surface area contributed by atoms with Crippen LogP contribution in [-0.4, -0.2) is 55.4 Å². The summed E-state index contributed by atoms with van der Waals surface area (Å²) in [6, 6.07) is 25.1. The summed E-state index contributed by atoms with van der Waals surface area (Å²) in [6.45, 7) is 3.75. The van der Waals surface area contributed by atoms with Crippen molar-refractivity contribution in [2.75, 3.05) is 33.0 Å². The summed E-state index contributed by atoms with van der Waals surface area (Å²) >= 11 is 0. The number of carbonyl (C=O) groups excluding carboxylic acids is 1. The molecule has 0 bridgehead atoms. The minimum Gasteiger partial charge on any atom is -0.494 e. The lowest BCUT2D eigenvalue weighted by atomic mass is 9.91. The van der Waals surface area contributed by atoms with E-state index in [4.69, 9.17) is 24.3 Å². The van der Waals surface area contributed by atoms with E-state index in [1.54, 1.807) is 0 Å². The Morgan fingerprint density at radius 2 is 1.79 bits per heavy atom. The van der Waals surface area contributed by atoms with E-state index in [2.05, 4.69) is 10.9 Å². The number of hydrogen-bond donors (Lipinski definition) is 3. The number of rotatable bonds is 14. The number of carbonyl (C=O) groups is 1. The van der Waals surface area contributed by atoms with Gasteiger partial charge < -0.3 is 19.3 Å². The smallest absolute Gasteiger partial charge is 0.266 e. The third kappa shape index (κ3) is 7.12. The molecule has 0 saturated carbocycles. The molecule has 0 fully saturated rings. The first-order valence-electron chi connectivity index (χ1n) is 13.0. The second kappa shape index (κ2) is 13.6. The lowest BCUT2D eigenvalue weighted by Gasteiger charge is -2.23. The summed E-state index contributed by atoms with van der Waals surface area (Å²) < 4.78 is 17.3. The minimum atomic E-state index is -1.11. The van der Waals surface area contributed by atoms with Crippen LogP contribution in [0.2, 0.25) is 0 Å². The number of aliphatic imine (C=N–C) groups is 1. The summed E-state index contributed by atoms with van der Waals surface area (Å²) in [5.74, 6) is 1.72. The predicted molar refractivity (Wildman–Crippen MR) is 146 cm³/mol. The molecule has 0 spiro atoms. The molecule has 4 rings (SSSR count). The maximum absolute atomic E-state index is 13.5. The van der Waals surface area contributed by atoms with Crippen molar-refractivity contribution in [2.45, 2.75) is 31.7 Å². The highest BCUT2D eigenvalue weighted by molar-refractivity contribution is 6.00. The second-order valence-electron chi connectivity index (χ2n) is 9.02. The molecule has 1 aliphatic rings. The van der Waals surface area contributed by atoms with Gasteiger partial charge in [-0.15, -0.1) is 0 Å². The van der Waals surface area contributed by atoms with E-state index in [0.29, 0.717) is 50.7 Å². The summed E-state index contributed by atoms with van der Waals surface area (Å²) in [6.07, 6.45) is 1.67. The number of amides is 1. The van der Waals surface area contributed by atoms with Crippen molar-refractivity contribution in [3.63, 3.8) is 0 Å². The molecule has 0 aromatic heterocycles. The van der Waals surface area contributed by atoms with Crippen LogP contribution in [0.15, 0.2) is 83.9 Å². The molecule has 3 aromatic rings. The van der Waals surface area contributed by atoms with Crippen molar-refractivity contribution in [1.29, 1.82) is 0 Å². The second-order valence-corrected chi connectivity index (χ2v) is 9.02. The topological polar surface area (TPSA) is 101 Å². The monoisotopic (exact) mass is 517 g/mol. The minimum absolute atomic E-state index is 0.0870. The number of nitrogens with zero attached hydrogens (tertiary/aromatic N) is 1. The van der Waals surface area contributed by atoms with Gasteiger partial charge in [0.2, 0.25) is 5.90 Å². The molecule has 200 valence electrons. The van der Waals surface area contributed by atoms with Gasteiger partial charge in [0, 0.05) is 31.6 Å². The van der Waals surface area contributed by atoms with Crippen molar-refractivity contribution >= 4 is 11.8 Å². The number of benzene rings is 3. The third-order valence-corrected chi connectivity index (χ3v) is 6.19. The predicted octanol–water partition coefficient (Wildman–Crippen LogP) is 3.47. The molecular weight excluding hydrogens is 482 g/mol. The molecule has 0 saturated heterocycles. The molecule has 3 aromatic carbocycles. The molecule has 1 aliphatic heterocycles. The standard InChI is InChI=1S/C30H35N3O5/c1-2-36-27-12-7-6-11-24(27)17-18-31-33-29(35)30(21-23-9-4-3-5-10-23)22-38-28(32-30)25-13-15-26(16-14-25)37-20-8-19-34/h3-7,9-16,31,34H,2,8,17-22H2,1H3,(H,33,35)/t30-/m0/s1. The fourth-order valence-electron chi connectivity index (χ4n) is 4.23. The number of para-hydroxylation sites is 1. The van der Waals surface area contributed by atoms with Gasteiger partial charge in [-0.3, -0.25) is 10.2 Å². The summed E-state index contributed by atoms with van der Waals surface area (Å²) in [7, 11) is 0. The van der Waals surface area contributed by atoms with Gasteiger partial charge in [0.1, 0.15) is 18.1 Å². The van der Waals surface area contributed by atoms with Crippen LogP contribution < -0.4 is 20.3 Å². The van der Waals surface area contributed by atoms with Crippen LogP contribution in [0, 0.1) is 0 Å². The van der Waals surface area contributed by atoms with Crippen molar-refractivity contribution in [2.24, 2.45) is 4.99 Å². The van der Waals surface area contributed by atoms with Crippen molar-refractivity contribution in [1.82, 2.24) is 10.9 Å². The summed E-state index contributed by atoms with van der Waals surface area (Å²) in [4.78, 5) is 18.3. The Kier molecular flexibility index (Phi) is 9.72. The maximum atomic E-state index is 13.5. The van der Waals surface area contributed by atoms with E-state index in [9.17, 15) is 4.79 Å². The van der Waals surface area contributed by atoms with Gasteiger partial charge in [0.15, 0.2) is 5.54 Å². The first-order valence-corrected chi connectivity index (χ1v) is 13.0. The molecule has 3 N–H and O–H groups in total. The van der Waals surface area contributed by atoms with Gasteiger partial charge in [0.25, 0.3) is 5.91 Å². The zero-order valence-electron chi connectivity index (χ0n) is 21.7. The Morgan fingerprint density at radius 3 is 2.55 bits per heavy atom. The summed E-state index contributed by atoms with van der Waals surface area (Å²) in [5, 5.41) is 8.93. The SMILES string of the molecule is CCOc1ccccc1CCNNC(=O)[C@]1(Cc2ccccc2)COC(c2ccc(OCCCO)cc2)=N1. The summed E-state index contributed by atoms with van der Waals surface area (Å²) in [5.41, 5.74) is 7.65. The first-order chi connectivity index (χ1) is 18.6. The Morgan fingerprint density at radius 1 is 1.03 bits per heavy atom. The fourth-order valence-corrected chi connectivity index (χ4v) is 4.23. The average molecular weight is 518 g/mol. The number of hydrogen-bond acceptors (Lipinski definition) is 7. The van der Waals surface area contributed by atoms with E-state index in [0.717, 1.165) is 22.4 Å². The van der Waals surface area contributed by atoms with E-state index in [-0.39, 0.29) is 19.1 Å². The number of nitrogens with one attached hydrogen (secondary N) is 2. The molecule has 0 radical (unpaired) electrons. The molecule has 0 aliphatic carbocycles. The van der Waals surface area contributed by atoms with Gasteiger partial charge >= 0.3 is 0 Å². The largest absolute Gasteiger partial charge is 0.494 e. The molecule has 8 nitrogen and oxygen atoms in total. The van der Waals surface area contributed by atoms with Crippen LogP contribution in [0.3, 0.4) is 0 Å². The zero-order valence-corrected chi connectivity index (χ0v) is 21.7. The average Bonchev–Trinajstić information content (AvgIpc) is 3.38.